The summed E-state index contributed by atoms with van der Waals surface area (Å²) in [5, 5.41) is 5.26. The van der Waals surface area contributed by atoms with E-state index >= 15 is 0 Å². The molecule has 0 unspecified atom stereocenters. The number of anilines is 2. The number of methoxy groups -OCH3 is 2. The molecule has 0 heterocycles. The standard InChI is InChI=1S/C18H23N3O5S/c1-12(2)21-27(23,24)13-9-10-17(26-4)15(11-13)20-18(22)19-14-7-5-6-8-16(14)25-3/h5-12,21H,1-4H3,(H2,19,20,22). The Balaban J connectivity index is 2.26. The monoisotopic (exact) mass is 393 g/mol. The van der Waals surface area contributed by atoms with Crippen molar-refractivity contribution in [2.24, 2.45) is 0 Å². The molecule has 0 bridgehead atoms. The highest BCUT2D eigenvalue weighted by atomic mass is 32.2. The number of hydrogen-bond acceptors (Lipinski definition) is 5. The molecule has 9 heteroatoms. The number of hydrogen-bond donors (Lipinski definition) is 3. The molecule has 0 saturated heterocycles. The molecule has 0 atom stereocenters. The molecule has 0 saturated carbocycles. The van der Waals surface area contributed by atoms with Crippen LogP contribution in [0.4, 0.5) is 16.2 Å². The lowest BCUT2D eigenvalue weighted by Gasteiger charge is -2.15. The van der Waals surface area contributed by atoms with E-state index in [4.69, 9.17) is 9.47 Å². The highest BCUT2D eigenvalue weighted by Crippen LogP contribution is 2.28. The molecule has 146 valence electrons. The number of amides is 2. The summed E-state index contributed by atoms with van der Waals surface area (Å²) in [4.78, 5) is 12.4. The van der Waals surface area contributed by atoms with Gasteiger partial charge in [0.25, 0.3) is 0 Å². The van der Waals surface area contributed by atoms with Gasteiger partial charge in [0.1, 0.15) is 11.5 Å². The molecule has 0 aliphatic rings. The minimum atomic E-state index is -3.71. The van der Waals surface area contributed by atoms with Gasteiger partial charge in [-0.2, -0.15) is 0 Å². The Hall–Kier alpha value is -2.78. The molecule has 0 aromatic heterocycles. The lowest BCUT2D eigenvalue weighted by Crippen LogP contribution is -2.30. The zero-order valence-electron chi connectivity index (χ0n) is 15.6. The van der Waals surface area contributed by atoms with Crippen molar-refractivity contribution in [1.29, 1.82) is 0 Å². The molecule has 3 N–H and O–H groups in total. The average Bonchev–Trinajstić information content (AvgIpc) is 2.61. The minimum Gasteiger partial charge on any atom is -0.495 e. The molecule has 0 aliphatic carbocycles. The van der Waals surface area contributed by atoms with E-state index < -0.39 is 16.1 Å². The molecule has 0 spiro atoms. The maximum atomic E-state index is 12.4. The van der Waals surface area contributed by atoms with Crippen LogP contribution >= 0.6 is 0 Å². The van der Waals surface area contributed by atoms with Gasteiger partial charge in [0.05, 0.1) is 30.5 Å². The van der Waals surface area contributed by atoms with E-state index in [1.807, 2.05) is 0 Å². The summed E-state index contributed by atoms with van der Waals surface area (Å²) < 4.78 is 37.6. The average molecular weight is 393 g/mol. The molecule has 2 amide bonds. The number of sulfonamides is 1. The summed E-state index contributed by atoms with van der Waals surface area (Å²) in [5.41, 5.74) is 0.693. The van der Waals surface area contributed by atoms with Crippen LogP contribution in [0.25, 0.3) is 0 Å². The first-order valence-electron chi connectivity index (χ1n) is 8.18. The Morgan fingerprint density at radius 3 is 2.15 bits per heavy atom. The minimum absolute atomic E-state index is 0.0181. The van der Waals surface area contributed by atoms with E-state index in [2.05, 4.69) is 15.4 Å². The third-order valence-electron chi connectivity index (χ3n) is 3.48. The smallest absolute Gasteiger partial charge is 0.323 e. The van der Waals surface area contributed by atoms with Crippen molar-refractivity contribution in [3.05, 3.63) is 42.5 Å². The molecule has 2 aromatic carbocycles. The van der Waals surface area contributed by atoms with Crippen LogP contribution < -0.4 is 24.8 Å². The van der Waals surface area contributed by atoms with Crippen molar-refractivity contribution in [2.45, 2.75) is 24.8 Å². The van der Waals surface area contributed by atoms with E-state index in [-0.39, 0.29) is 16.6 Å². The third kappa shape index (κ3) is 5.35. The number of ether oxygens (including phenoxy) is 2. The normalized spacial score (nSPS) is 11.1. The SMILES string of the molecule is COc1ccccc1NC(=O)Nc1cc(S(=O)(=O)NC(C)C)ccc1OC. The lowest BCUT2D eigenvalue weighted by atomic mass is 10.3. The van der Waals surface area contributed by atoms with E-state index in [0.29, 0.717) is 17.2 Å². The maximum absolute atomic E-state index is 12.4. The number of carbonyl (C=O) groups is 1. The zero-order valence-corrected chi connectivity index (χ0v) is 16.4. The topological polar surface area (TPSA) is 106 Å². The van der Waals surface area contributed by atoms with Gasteiger partial charge in [0.2, 0.25) is 10.0 Å². The number of benzene rings is 2. The van der Waals surface area contributed by atoms with Gasteiger partial charge >= 0.3 is 6.03 Å². The lowest BCUT2D eigenvalue weighted by molar-refractivity contribution is 0.262. The van der Waals surface area contributed by atoms with Gasteiger partial charge in [0, 0.05) is 6.04 Å². The predicted molar refractivity (Wildman–Crippen MR) is 104 cm³/mol. The first-order valence-corrected chi connectivity index (χ1v) is 9.66. The molecule has 27 heavy (non-hydrogen) atoms. The maximum Gasteiger partial charge on any atom is 0.323 e. The summed E-state index contributed by atoms with van der Waals surface area (Å²) in [6.07, 6.45) is 0. The first-order chi connectivity index (χ1) is 12.8. The predicted octanol–water partition coefficient (Wildman–Crippen LogP) is 3.03. The van der Waals surface area contributed by atoms with Gasteiger partial charge in [-0.25, -0.2) is 17.9 Å². The van der Waals surface area contributed by atoms with Crippen LogP contribution in [0, 0.1) is 0 Å². The van der Waals surface area contributed by atoms with Crippen molar-refractivity contribution < 1.29 is 22.7 Å². The largest absolute Gasteiger partial charge is 0.495 e. The van der Waals surface area contributed by atoms with E-state index in [1.54, 1.807) is 38.1 Å². The molecule has 0 aliphatic heterocycles. The van der Waals surface area contributed by atoms with Crippen LogP contribution in [0.15, 0.2) is 47.4 Å². The van der Waals surface area contributed by atoms with Crippen molar-refractivity contribution in [3.63, 3.8) is 0 Å². The Kier molecular flexibility index (Phi) is 6.65. The van der Waals surface area contributed by atoms with Crippen LogP contribution in [0.5, 0.6) is 11.5 Å². The van der Waals surface area contributed by atoms with Gasteiger partial charge in [-0.3, -0.25) is 0 Å². The summed E-state index contributed by atoms with van der Waals surface area (Å²) in [6.45, 7) is 3.45. The van der Waals surface area contributed by atoms with Crippen molar-refractivity contribution in [3.8, 4) is 11.5 Å². The van der Waals surface area contributed by atoms with Gasteiger partial charge in [-0.1, -0.05) is 12.1 Å². The van der Waals surface area contributed by atoms with Gasteiger partial charge < -0.3 is 20.1 Å². The Morgan fingerprint density at radius 2 is 1.52 bits per heavy atom. The Labute approximate surface area is 158 Å². The van der Waals surface area contributed by atoms with Crippen LogP contribution in [-0.4, -0.2) is 34.7 Å². The van der Waals surface area contributed by atoms with Gasteiger partial charge in [0.15, 0.2) is 0 Å². The second-order valence-corrected chi connectivity index (χ2v) is 7.63. The number of nitrogens with one attached hydrogen (secondary N) is 3. The van der Waals surface area contributed by atoms with Crippen LogP contribution in [0.2, 0.25) is 0 Å². The summed E-state index contributed by atoms with van der Waals surface area (Å²) in [6, 6.07) is 10.3. The molecule has 0 fully saturated rings. The highest BCUT2D eigenvalue weighted by Gasteiger charge is 2.18. The molecule has 2 aromatic rings. The Bertz CT molecular complexity index is 913. The second-order valence-electron chi connectivity index (χ2n) is 5.92. The summed E-state index contributed by atoms with van der Waals surface area (Å²) in [7, 11) is -0.782. The van der Waals surface area contributed by atoms with Crippen molar-refractivity contribution in [1.82, 2.24) is 4.72 Å². The van der Waals surface area contributed by atoms with Crippen LogP contribution in [0.1, 0.15) is 13.8 Å². The zero-order chi connectivity index (χ0) is 20.0. The quantitative estimate of drug-likeness (QED) is 0.670. The molecular weight excluding hydrogens is 370 g/mol. The van der Waals surface area contributed by atoms with Crippen molar-refractivity contribution in [2.75, 3.05) is 24.9 Å². The van der Waals surface area contributed by atoms with Gasteiger partial charge in [-0.05, 0) is 44.2 Å². The van der Waals surface area contributed by atoms with Crippen LogP contribution in [-0.2, 0) is 10.0 Å². The van der Waals surface area contributed by atoms with Gasteiger partial charge in [-0.15, -0.1) is 0 Å². The number of urea groups is 1. The number of rotatable bonds is 7. The third-order valence-corrected chi connectivity index (χ3v) is 5.13. The molecule has 0 radical (unpaired) electrons. The highest BCUT2D eigenvalue weighted by molar-refractivity contribution is 7.89. The molecular formula is C18H23N3O5S. The summed E-state index contributed by atoms with van der Waals surface area (Å²) in [5.74, 6) is 0.825. The molecule has 8 nitrogen and oxygen atoms in total. The molecule has 2 rings (SSSR count). The summed E-state index contributed by atoms with van der Waals surface area (Å²) >= 11 is 0. The fraction of sp³-hybridized carbons (Fsp3) is 0.278. The van der Waals surface area contributed by atoms with Crippen LogP contribution in [0.3, 0.4) is 0 Å². The van der Waals surface area contributed by atoms with E-state index in [0.717, 1.165) is 0 Å². The van der Waals surface area contributed by atoms with E-state index in [1.165, 1.54) is 32.4 Å². The fourth-order valence-corrected chi connectivity index (χ4v) is 3.63. The second kappa shape index (κ2) is 8.74. The number of para-hydroxylation sites is 2. The van der Waals surface area contributed by atoms with E-state index in [9.17, 15) is 13.2 Å². The first kappa shape index (κ1) is 20.5. The Morgan fingerprint density at radius 1 is 0.926 bits per heavy atom. The number of carbonyl (C=O) groups excluding carboxylic acids is 1. The van der Waals surface area contributed by atoms with Crippen molar-refractivity contribution >= 4 is 27.4 Å². The fourth-order valence-electron chi connectivity index (χ4n) is 2.35.